The molecule has 0 aromatic rings. The Morgan fingerprint density at radius 1 is 0.826 bits per heavy atom. The number of hydrogen-bond acceptors (Lipinski definition) is 15. The van der Waals surface area contributed by atoms with Crippen molar-refractivity contribution in [2.45, 2.75) is 82.8 Å². The number of carboxylic acids is 6. The van der Waals surface area contributed by atoms with Gasteiger partial charge in [0.1, 0.15) is 30.2 Å². The van der Waals surface area contributed by atoms with Crippen LogP contribution in [0.5, 0.6) is 0 Å². The van der Waals surface area contributed by atoms with E-state index in [1.54, 1.807) is 11.8 Å². The Morgan fingerprint density at radius 3 is 1.39 bits per heavy atom. The SMILES string of the molecule is CC(C)C[C@H](N)C(=O)O.CSCC[C@H](N)C(=O)O.C[C@@H](O)[C@H](N)C(=O)O.NCC(=O)O.N[C@@H](CS)C(=O)O.O=C(O)[C@@H]1CCCN1. The monoisotopic (exact) mass is 710 g/mol. The highest BCUT2D eigenvalue weighted by Gasteiger charge is 2.20. The first kappa shape index (κ1) is 52.8. The second-order valence-electron chi connectivity index (χ2n) is 9.62. The van der Waals surface area contributed by atoms with Gasteiger partial charge in [-0.3, -0.25) is 28.8 Å². The lowest BCUT2D eigenvalue weighted by molar-refractivity contribution is -0.141. The zero-order valence-electron chi connectivity index (χ0n) is 26.5. The molecule has 0 aromatic carbocycles. The number of hydrogen-bond donors (Lipinski definition) is 14. The molecule has 19 nitrogen and oxygen atoms in total. The highest BCUT2D eigenvalue weighted by Crippen LogP contribution is 2.03. The quantitative estimate of drug-likeness (QED) is 0.0882. The Kier molecular flexibility index (Phi) is 38.5. The molecule has 21 heteroatoms. The van der Waals surface area contributed by atoms with Gasteiger partial charge in [-0.1, -0.05) is 13.8 Å². The molecule has 18 N–H and O–H groups in total. The van der Waals surface area contributed by atoms with Crippen molar-refractivity contribution in [2.75, 3.05) is 30.9 Å². The maximum atomic E-state index is 10.1. The first-order chi connectivity index (χ1) is 21.0. The van der Waals surface area contributed by atoms with E-state index in [0.717, 1.165) is 25.1 Å². The normalized spacial score (nSPS) is 16.0. The fourth-order valence-electron chi connectivity index (χ4n) is 2.16. The number of nitrogens with two attached hydrogens (primary N) is 5. The van der Waals surface area contributed by atoms with Crippen molar-refractivity contribution in [3.05, 3.63) is 0 Å². The van der Waals surface area contributed by atoms with Crippen molar-refractivity contribution in [3.63, 3.8) is 0 Å². The van der Waals surface area contributed by atoms with Gasteiger partial charge in [0.15, 0.2) is 0 Å². The molecule has 0 aromatic heterocycles. The average molecular weight is 711 g/mol. The molecule has 0 unspecified atom stereocenters. The van der Waals surface area contributed by atoms with Crippen LogP contribution in [0.25, 0.3) is 0 Å². The van der Waals surface area contributed by atoms with Crippen LogP contribution in [0.3, 0.4) is 0 Å². The lowest BCUT2D eigenvalue weighted by Crippen LogP contribution is -2.39. The lowest BCUT2D eigenvalue weighted by Gasteiger charge is -2.07. The van der Waals surface area contributed by atoms with Crippen molar-refractivity contribution in [1.82, 2.24) is 5.32 Å². The van der Waals surface area contributed by atoms with Crippen molar-refractivity contribution < 1.29 is 64.5 Å². The Labute approximate surface area is 278 Å². The number of carboxylic acid groups (broad SMARTS) is 6. The molecule has 0 bridgehead atoms. The van der Waals surface area contributed by atoms with Crippen LogP contribution >= 0.6 is 24.4 Å². The third kappa shape index (κ3) is 41.2. The summed E-state index contributed by atoms with van der Waals surface area (Å²) in [4.78, 5) is 59.2. The molecule has 1 heterocycles. The number of aliphatic carboxylic acids is 6. The predicted molar refractivity (Wildman–Crippen MR) is 176 cm³/mol. The molecule has 0 amide bonds. The van der Waals surface area contributed by atoms with Crippen LogP contribution in [-0.2, 0) is 28.8 Å². The third-order valence-corrected chi connectivity index (χ3v) is 5.88. The van der Waals surface area contributed by atoms with Crippen molar-refractivity contribution >= 4 is 60.2 Å². The molecule has 1 saturated heterocycles. The molecular weight excluding hydrogens is 656 g/mol. The van der Waals surface area contributed by atoms with Crippen LogP contribution in [0.2, 0.25) is 0 Å². The van der Waals surface area contributed by atoms with E-state index < -0.39 is 66.1 Å². The molecule has 274 valence electrons. The number of nitrogens with one attached hydrogen (secondary N) is 1. The van der Waals surface area contributed by atoms with Gasteiger partial charge in [-0.25, -0.2) is 0 Å². The third-order valence-electron chi connectivity index (χ3n) is 4.84. The van der Waals surface area contributed by atoms with Gasteiger partial charge in [0.25, 0.3) is 0 Å². The molecule has 1 aliphatic heterocycles. The molecule has 1 fully saturated rings. The summed E-state index contributed by atoms with van der Waals surface area (Å²) in [5, 5.41) is 59.9. The van der Waals surface area contributed by atoms with Crippen LogP contribution in [0, 0.1) is 5.92 Å². The largest absolute Gasteiger partial charge is 0.480 e. The highest BCUT2D eigenvalue weighted by atomic mass is 32.2. The summed E-state index contributed by atoms with van der Waals surface area (Å²) in [5.74, 6) is -4.34. The van der Waals surface area contributed by atoms with Gasteiger partial charge >= 0.3 is 35.8 Å². The van der Waals surface area contributed by atoms with E-state index in [0.29, 0.717) is 18.8 Å². The van der Waals surface area contributed by atoms with E-state index in [1.807, 2.05) is 20.1 Å². The van der Waals surface area contributed by atoms with Gasteiger partial charge in [-0.2, -0.15) is 24.4 Å². The molecule has 1 aliphatic rings. The van der Waals surface area contributed by atoms with E-state index >= 15 is 0 Å². The second kappa shape index (κ2) is 33.6. The summed E-state index contributed by atoms with van der Waals surface area (Å²) in [7, 11) is 0. The van der Waals surface area contributed by atoms with Crippen molar-refractivity contribution in [3.8, 4) is 0 Å². The molecule has 46 heavy (non-hydrogen) atoms. The number of aliphatic hydroxyl groups is 1. The van der Waals surface area contributed by atoms with E-state index in [4.69, 9.17) is 58.7 Å². The Bertz CT molecular complexity index is 839. The first-order valence-corrected chi connectivity index (χ1v) is 15.7. The summed E-state index contributed by atoms with van der Waals surface area (Å²) in [5.41, 5.74) is 24.8. The van der Waals surface area contributed by atoms with E-state index in [-0.39, 0.29) is 18.3 Å². The van der Waals surface area contributed by atoms with Crippen LogP contribution < -0.4 is 34.0 Å². The van der Waals surface area contributed by atoms with E-state index in [9.17, 15) is 28.8 Å². The van der Waals surface area contributed by atoms with Crippen molar-refractivity contribution in [1.29, 1.82) is 0 Å². The van der Waals surface area contributed by atoms with Crippen LogP contribution in [0.15, 0.2) is 0 Å². The minimum absolute atomic E-state index is 0.190. The lowest BCUT2D eigenvalue weighted by atomic mass is 10.1. The molecular formula is C25H54N6O13S2. The van der Waals surface area contributed by atoms with Gasteiger partial charge in [0, 0.05) is 5.75 Å². The van der Waals surface area contributed by atoms with E-state index in [1.165, 1.54) is 6.92 Å². The van der Waals surface area contributed by atoms with E-state index in [2.05, 4.69) is 23.7 Å². The number of rotatable bonds is 13. The zero-order chi connectivity index (χ0) is 37.6. The minimum Gasteiger partial charge on any atom is -0.480 e. The second-order valence-corrected chi connectivity index (χ2v) is 11.0. The van der Waals surface area contributed by atoms with Crippen LogP contribution in [-0.4, -0.2) is 139 Å². The van der Waals surface area contributed by atoms with Gasteiger partial charge < -0.3 is 69.7 Å². The Hall–Kier alpha value is -2.76. The summed E-state index contributed by atoms with van der Waals surface area (Å²) < 4.78 is 0. The van der Waals surface area contributed by atoms with Gasteiger partial charge in [0.05, 0.1) is 12.6 Å². The molecule has 0 aliphatic carbocycles. The summed E-state index contributed by atoms with van der Waals surface area (Å²) >= 11 is 5.25. The Morgan fingerprint density at radius 2 is 1.26 bits per heavy atom. The maximum absolute atomic E-state index is 10.1. The first-order valence-electron chi connectivity index (χ1n) is 13.6. The summed E-state index contributed by atoms with van der Waals surface area (Å²) in [6, 6.07) is -3.62. The minimum atomic E-state index is -1.18. The van der Waals surface area contributed by atoms with Crippen LogP contribution in [0.1, 0.15) is 46.5 Å². The molecule has 0 radical (unpaired) electrons. The Balaban J connectivity index is -0.000000147. The molecule has 6 atom stereocenters. The van der Waals surface area contributed by atoms with Gasteiger partial charge in [0.2, 0.25) is 0 Å². The topological polar surface area (TPSA) is 386 Å². The van der Waals surface area contributed by atoms with Crippen molar-refractivity contribution in [2.24, 2.45) is 34.6 Å². The summed E-state index contributed by atoms with van der Waals surface area (Å²) in [6.07, 6.45) is 3.83. The smallest absolute Gasteiger partial charge is 0.323 e. The van der Waals surface area contributed by atoms with Gasteiger partial charge in [-0.15, -0.1) is 0 Å². The van der Waals surface area contributed by atoms with Crippen LogP contribution in [0.4, 0.5) is 0 Å². The van der Waals surface area contributed by atoms with Gasteiger partial charge in [-0.05, 0) is 57.1 Å². The highest BCUT2D eigenvalue weighted by molar-refractivity contribution is 7.98. The summed E-state index contributed by atoms with van der Waals surface area (Å²) in [6.45, 7) is 5.81. The molecule has 0 saturated carbocycles. The maximum Gasteiger partial charge on any atom is 0.323 e. The molecule has 0 spiro atoms. The molecule has 1 rings (SSSR count). The zero-order valence-corrected chi connectivity index (χ0v) is 28.2. The number of carbonyl (C=O) groups is 6. The fourth-order valence-corrected chi connectivity index (χ4v) is 2.80. The number of thiol groups is 1. The number of thioether (sulfide) groups is 1. The number of aliphatic hydroxyl groups excluding tert-OH is 1. The fraction of sp³-hybridized carbons (Fsp3) is 0.760. The predicted octanol–water partition coefficient (Wildman–Crippen LogP) is -2.44. The average Bonchev–Trinajstić information content (AvgIpc) is 3.51. The standard InChI is InChI=1S/C6H13NO2.C5H11NO2S.C5H9NO2.C4H9NO3.C3H7NO2S.C2H5NO2/c1-4(2)3-5(7)6(8)9;1-9-3-2-4(6)5(7)8;7-5(8)4-2-1-3-6-4;1-2(6)3(5)4(7)8;4-2(1-7)3(5)6;3-1-2(4)5/h4-5H,3,7H2,1-2H3,(H,8,9);4H,2-3,6H2,1H3,(H,7,8);4,6H,1-3H2,(H,7,8);2-3,6H,5H2,1H3,(H,7,8);2,7H,1,4H2,(H,5,6);1,3H2,(H,4,5)/t5-;2*4-;2-,3+;2-;/m00010./s1.